The van der Waals surface area contributed by atoms with Gasteiger partial charge in [-0.15, -0.1) is 18.2 Å². The van der Waals surface area contributed by atoms with Gasteiger partial charge in [-0.3, -0.25) is 0 Å². The molecule has 1 aliphatic rings. The van der Waals surface area contributed by atoms with Crippen LogP contribution >= 0.6 is 11.8 Å². The minimum Gasteiger partial charge on any atom is -0.314 e. The van der Waals surface area contributed by atoms with Crippen molar-refractivity contribution in [3.63, 3.8) is 0 Å². The van der Waals surface area contributed by atoms with Crippen molar-refractivity contribution in [2.45, 2.75) is 18.9 Å². The van der Waals surface area contributed by atoms with E-state index in [1.807, 2.05) is 11.8 Å². The number of hydrogen-bond acceptors (Lipinski definition) is 3. The molecule has 2 nitrogen and oxygen atoms in total. The molecule has 1 rings (SSSR count). The Balaban J connectivity index is 1.81. The van der Waals surface area contributed by atoms with Crippen LogP contribution in [-0.4, -0.2) is 37.2 Å². The van der Waals surface area contributed by atoms with E-state index in [9.17, 15) is 0 Å². The average Bonchev–Trinajstić information content (AvgIpc) is 2.63. The zero-order valence-electron chi connectivity index (χ0n) is 8.01. The summed E-state index contributed by atoms with van der Waals surface area (Å²) >= 11 is 1.82. The van der Waals surface area contributed by atoms with E-state index in [1.165, 1.54) is 19.4 Å². The van der Waals surface area contributed by atoms with Crippen LogP contribution < -0.4 is 10.6 Å². The summed E-state index contributed by atoms with van der Waals surface area (Å²) in [4.78, 5) is 0. The summed E-state index contributed by atoms with van der Waals surface area (Å²) in [6.45, 7) is 3.37. The average molecular weight is 198 g/mol. The van der Waals surface area contributed by atoms with Crippen molar-refractivity contribution in [1.82, 2.24) is 10.6 Å². The van der Waals surface area contributed by atoms with Gasteiger partial charge in [-0.2, -0.15) is 0 Å². The van der Waals surface area contributed by atoms with Crippen molar-refractivity contribution >= 4 is 11.8 Å². The Bertz CT molecular complexity index is 159. The van der Waals surface area contributed by atoms with Gasteiger partial charge in [0.15, 0.2) is 0 Å². The topological polar surface area (TPSA) is 24.1 Å². The highest BCUT2D eigenvalue weighted by molar-refractivity contribution is 7.99. The molecule has 3 heteroatoms. The summed E-state index contributed by atoms with van der Waals surface area (Å²) in [5, 5.41) is 6.89. The van der Waals surface area contributed by atoms with E-state index in [0.29, 0.717) is 6.04 Å². The molecule has 1 aliphatic heterocycles. The Hall–Kier alpha value is -0.170. The molecular weight excluding hydrogens is 180 g/mol. The highest BCUT2D eigenvalue weighted by atomic mass is 32.2. The molecule has 0 amide bonds. The van der Waals surface area contributed by atoms with Gasteiger partial charge in [0.2, 0.25) is 0 Å². The lowest BCUT2D eigenvalue weighted by molar-refractivity contribution is 0.548. The van der Waals surface area contributed by atoms with Crippen LogP contribution in [0.2, 0.25) is 0 Å². The standard InChI is InChI=1S/C10H18N2S/c1-2-7-13-8-6-11-9-10-4-3-5-12-10/h1,10-12H,3-9H2. The van der Waals surface area contributed by atoms with Crippen molar-refractivity contribution in [2.24, 2.45) is 0 Å². The molecule has 0 bridgehead atoms. The molecule has 0 aliphatic carbocycles. The molecule has 1 saturated heterocycles. The van der Waals surface area contributed by atoms with E-state index in [4.69, 9.17) is 6.42 Å². The molecule has 0 spiro atoms. The van der Waals surface area contributed by atoms with Crippen LogP contribution in [0.3, 0.4) is 0 Å². The van der Waals surface area contributed by atoms with Crippen molar-refractivity contribution in [2.75, 3.05) is 31.1 Å². The van der Waals surface area contributed by atoms with E-state index in [-0.39, 0.29) is 0 Å². The van der Waals surface area contributed by atoms with Gasteiger partial charge in [0.05, 0.1) is 5.75 Å². The first-order chi connectivity index (χ1) is 6.43. The van der Waals surface area contributed by atoms with E-state index >= 15 is 0 Å². The fourth-order valence-electron chi connectivity index (χ4n) is 1.48. The van der Waals surface area contributed by atoms with Crippen LogP contribution in [-0.2, 0) is 0 Å². The maximum atomic E-state index is 5.14. The number of thioether (sulfide) groups is 1. The van der Waals surface area contributed by atoms with Gasteiger partial charge in [0.1, 0.15) is 0 Å². The van der Waals surface area contributed by atoms with Crippen LogP contribution in [0.15, 0.2) is 0 Å². The normalized spacial score (nSPS) is 21.6. The number of terminal acetylenes is 1. The van der Waals surface area contributed by atoms with Crippen molar-refractivity contribution in [3.8, 4) is 12.3 Å². The lowest BCUT2D eigenvalue weighted by atomic mass is 10.2. The molecule has 2 N–H and O–H groups in total. The molecule has 1 atom stereocenters. The van der Waals surface area contributed by atoms with Crippen LogP contribution in [0.25, 0.3) is 0 Å². The Morgan fingerprint density at radius 2 is 2.54 bits per heavy atom. The van der Waals surface area contributed by atoms with E-state index in [0.717, 1.165) is 24.6 Å². The third-order valence-corrected chi connectivity index (χ3v) is 3.03. The first-order valence-corrected chi connectivity index (χ1v) is 6.04. The van der Waals surface area contributed by atoms with Gasteiger partial charge >= 0.3 is 0 Å². The second-order valence-corrected chi connectivity index (χ2v) is 4.36. The maximum absolute atomic E-state index is 5.14. The second-order valence-electron chi connectivity index (χ2n) is 3.25. The van der Waals surface area contributed by atoms with Gasteiger partial charge in [-0.05, 0) is 19.4 Å². The van der Waals surface area contributed by atoms with E-state index < -0.39 is 0 Å². The van der Waals surface area contributed by atoms with Crippen LogP contribution in [0, 0.1) is 12.3 Å². The van der Waals surface area contributed by atoms with Gasteiger partial charge in [-0.1, -0.05) is 5.92 Å². The number of nitrogens with one attached hydrogen (secondary N) is 2. The van der Waals surface area contributed by atoms with Gasteiger partial charge in [0.25, 0.3) is 0 Å². The fraction of sp³-hybridized carbons (Fsp3) is 0.800. The first-order valence-electron chi connectivity index (χ1n) is 4.89. The molecular formula is C10H18N2S. The maximum Gasteiger partial charge on any atom is 0.0545 e. The van der Waals surface area contributed by atoms with Crippen LogP contribution in [0.1, 0.15) is 12.8 Å². The predicted molar refractivity (Wildman–Crippen MR) is 60.1 cm³/mol. The summed E-state index contributed by atoms with van der Waals surface area (Å²) < 4.78 is 0. The molecule has 0 saturated carbocycles. The van der Waals surface area contributed by atoms with Gasteiger partial charge in [-0.25, -0.2) is 0 Å². The number of hydrogen-bond donors (Lipinski definition) is 2. The molecule has 1 fully saturated rings. The lowest BCUT2D eigenvalue weighted by Gasteiger charge is -2.10. The van der Waals surface area contributed by atoms with Crippen molar-refractivity contribution in [1.29, 1.82) is 0 Å². The predicted octanol–water partition coefficient (Wildman–Crippen LogP) is 0.694. The molecule has 1 heterocycles. The monoisotopic (exact) mass is 198 g/mol. The summed E-state index contributed by atoms with van der Waals surface area (Å²) in [5.41, 5.74) is 0. The third-order valence-electron chi connectivity index (χ3n) is 2.16. The zero-order chi connectivity index (χ0) is 9.36. The highest BCUT2D eigenvalue weighted by Gasteiger charge is 2.12. The SMILES string of the molecule is C#CCSCCNCC1CCCN1. The number of rotatable bonds is 6. The minimum absolute atomic E-state index is 0.706. The lowest BCUT2D eigenvalue weighted by Crippen LogP contribution is -2.34. The summed E-state index contributed by atoms with van der Waals surface area (Å²) in [5.74, 6) is 4.58. The first kappa shape index (κ1) is 10.9. The van der Waals surface area contributed by atoms with E-state index in [1.54, 1.807) is 0 Å². The molecule has 0 aromatic heterocycles. The van der Waals surface area contributed by atoms with Crippen molar-refractivity contribution in [3.05, 3.63) is 0 Å². The quantitative estimate of drug-likeness (QED) is 0.485. The Morgan fingerprint density at radius 3 is 3.23 bits per heavy atom. The zero-order valence-corrected chi connectivity index (χ0v) is 8.83. The summed E-state index contributed by atoms with van der Waals surface area (Å²) in [6, 6.07) is 0.706. The third kappa shape index (κ3) is 5.20. The molecule has 0 aromatic carbocycles. The molecule has 74 valence electrons. The molecule has 1 unspecified atom stereocenters. The highest BCUT2D eigenvalue weighted by Crippen LogP contribution is 2.03. The Kier molecular flexibility index (Phi) is 6.09. The molecule has 0 radical (unpaired) electrons. The van der Waals surface area contributed by atoms with E-state index in [2.05, 4.69) is 16.6 Å². The van der Waals surface area contributed by atoms with Crippen molar-refractivity contribution < 1.29 is 0 Å². The second kappa shape index (κ2) is 7.25. The molecule has 0 aromatic rings. The summed E-state index contributed by atoms with van der Waals surface area (Å²) in [6.07, 6.45) is 7.80. The molecule has 13 heavy (non-hydrogen) atoms. The fourth-order valence-corrected chi connectivity index (χ4v) is 2.03. The van der Waals surface area contributed by atoms with Crippen LogP contribution in [0.4, 0.5) is 0 Å². The van der Waals surface area contributed by atoms with Gasteiger partial charge < -0.3 is 10.6 Å². The Morgan fingerprint density at radius 1 is 1.62 bits per heavy atom. The smallest absolute Gasteiger partial charge is 0.0545 e. The van der Waals surface area contributed by atoms with Crippen LogP contribution in [0.5, 0.6) is 0 Å². The Labute approximate surface area is 85.2 Å². The largest absolute Gasteiger partial charge is 0.314 e. The van der Waals surface area contributed by atoms with Gasteiger partial charge in [0, 0.05) is 24.9 Å². The summed E-state index contributed by atoms with van der Waals surface area (Å²) in [7, 11) is 0. The minimum atomic E-state index is 0.706.